The number of fused-ring (bicyclic) bond motifs is 1. The maximum absolute atomic E-state index is 12.5. The second-order valence-electron chi connectivity index (χ2n) is 8.25. The van der Waals surface area contributed by atoms with Crippen LogP contribution in [0, 0.1) is 5.92 Å². The number of nitrogens with zero attached hydrogens (tertiary/aromatic N) is 2. The fourth-order valence-electron chi connectivity index (χ4n) is 4.51. The monoisotopic (exact) mass is 394 g/mol. The highest BCUT2D eigenvalue weighted by molar-refractivity contribution is 5.99. The summed E-state index contributed by atoms with van der Waals surface area (Å²) >= 11 is 0. The van der Waals surface area contributed by atoms with Crippen molar-refractivity contribution in [3.63, 3.8) is 0 Å². The number of carbonyl (C=O) groups is 1. The van der Waals surface area contributed by atoms with E-state index in [4.69, 9.17) is 4.74 Å². The van der Waals surface area contributed by atoms with Crippen LogP contribution < -0.4 is 0 Å². The minimum atomic E-state index is -0.442. The summed E-state index contributed by atoms with van der Waals surface area (Å²) in [4.78, 5) is 17.1. The molecule has 1 saturated heterocycles. The third kappa shape index (κ3) is 4.16. The molecule has 1 N–H and O–H groups in total. The van der Waals surface area contributed by atoms with Crippen molar-refractivity contribution in [3.05, 3.63) is 65.0 Å². The molecule has 1 aromatic rings. The van der Waals surface area contributed by atoms with Crippen molar-refractivity contribution >= 4 is 11.5 Å². The van der Waals surface area contributed by atoms with Gasteiger partial charge in [0, 0.05) is 44.4 Å². The first-order valence-electron chi connectivity index (χ1n) is 10.6. The van der Waals surface area contributed by atoms with Crippen LogP contribution in [0.5, 0.6) is 0 Å². The molecule has 0 aromatic heterocycles. The molecule has 1 aromatic carbocycles. The minimum absolute atomic E-state index is 0.226. The first kappa shape index (κ1) is 19.9. The Labute approximate surface area is 173 Å². The fraction of sp³-hybridized carbons (Fsp3) is 0.458. The Bertz CT molecular complexity index is 848. The summed E-state index contributed by atoms with van der Waals surface area (Å²) in [5, 5.41) is 11.1. The quantitative estimate of drug-likeness (QED) is 0.776. The van der Waals surface area contributed by atoms with Gasteiger partial charge in [0.2, 0.25) is 0 Å². The van der Waals surface area contributed by atoms with Crippen LogP contribution in [0.4, 0.5) is 0 Å². The van der Waals surface area contributed by atoms with Gasteiger partial charge >= 0.3 is 5.97 Å². The molecule has 154 valence electrons. The molecular formula is C24H30N2O3. The number of likely N-dealkylation sites (N-methyl/N-ethyl adjacent to an activating group) is 1. The van der Waals surface area contributed by atoms with Crippen LogP contribution in [0.1, 0.15) is 25.3 Å². The molecule has 2 unspecified atom stereocenters. The molecule has 2 atom stereocenters. The number of rotatable bonds is 5. The highest BCUT2D eigenvalue weighted by atomic mass is 16.5. The average molecular weight is 395 g/mol. The van der Waals surface area contributed by atoms with Crippen molar-refractivity contribution < 1.29 is 14.6 Å². The first-order valence-corrected chi connectivity index (χ1v) is 10.6. The van der Waals surface area contributed by atoms with E-state index in [-0.39, 0.29) is 11.9 Å². The summed E-state index contributed by atoms with van der Waals surface area (Å²) in [6.07, 6.45) is 4.98. The van der Waals surface area contributed by atoms with E-state index in [2.05, 4.69) is 29.8 Å². The molecule has 1 aliphatic carbocycles. The highest BCUT2D eigenvalue weighted by Gasteiger charge is 2.41. The van der Waals surface area contributed by atoms with Crippen molar-refractivity contribution in [2.45, 2.75) is 25.9 Å². The lowest BCUT2D eigenvalue weighted by molar-refractivity contribution is -0.144. The summed E-state index contributed by atoms with van der Waals surface area (Å²) in [6.45, 7) is 6.77. The lowest BCUT2D eigenvalue weighted by atomic mass is 9.78. The van der Waals surface area contributed by atoms with Gasteiger partial charge in [0.05, 0.1) is 5.92 Å². The predicted octanol–water partition coefficient (Wildman–Crippen LogP) is 3.41. The molecular weight excluding hydrogens is 364 g/mol. The van der Waals surface area contributed by atoms with Crippen LogP contribution in [-0.4, -0.2) is 66.8 Å². The summed E-state index contributed by atoms with van der Waals surface area (Å²) in [7, 11) is 2.13. The van der Waals surface area contributed by atoms with Gasteiger partial charge in [0.25, 0.3) is 0 Å². The van der Waals surface area contributed by atoms with Gasteiger partial charge in [-0.1, -0.05) is 43.7 Å². The molecule has 0 amide bonds. The van der Waals surface area contributed by atoms with Crippen molar-refractivity contribution in [1.29, 1.82) is 0 Å². The molecule has 2 aliphatic heterocycles. The Morgan fingerprint density at radius 2 is 1.83 bits per heavy atom. The van der Waals surface area contributed by atoms with Crippen LogP contribution in [0.25, 0.3) is 5.57 Å². The van der Waals surface area contributed by atoms with Crippen molar-refractivity contribution in [3.8, 4) is 0 Å². The number of carbonyl (C=O) groups excluding carboxylic acids is 1. The average Bonchev–Trinajstić information content (AvgIpc) is 2.73. The number of hydrogen-bond donors (Lipinski definition) is 1. The number of ether oxygens (including phenoxy) is 1. The number of allylic oxidation sites excluding steroid dienone is 2. The van der Waals surface area contributed by atoms with Gasteiger partial charge in [-0.15, -0.1) is 0 Å². The van der Waals surface area contributed by atoms with Gasteiger partial charge in [0.1, 0.15) is 11.9 Å². The van der Waals surface area contributed by atoms with Crippen LogP contribution in [-0.2, 0) is 9.53 Å². The fourth-order valence-corrected chi connectivity index (χ4v) is 4.51. The van der Waals surface area contributed by atoms with E-state index in [9.17, 15) is 9.90 Å². The van der Waals surface area contributed by atoms with Gasteiger partial charge < -0.3 is 14.7 Å². The van der Waals surface area contributed by atoms with Gasteiger partial charge in [-0.05, 0) is 36.3 Å². The van der Waals surface area contributed by atoms with E-state index in [0.29, 0.717) is 12.3 Å². The van der Waals surface area contributed by atoms with Crippen molar-refractivity contribution in [2.24, 2.45) is 5.92 Å². The third-order valence-corrected chi connectivity index (χ3v) is 6.15. The molecule has 0 spiro atoms. The maximum atomic E-state index is 12.5. The third-order valence-electron chi connectivity index (χ3n) is 6.15. The topological polar surface area (TPSA) is 53.0 Å². The Morgan fingerprint density at radius 3 is 2.52 bits per heavy atom. The zero-order chi connectivity index (χ0) is 20.4. The molecule has 0 bridgehead atoms. The zero-order valence-corrected chi connectivity index (χ0v) is 17.3. The van der Waals surface area contributed by atoms with E-state index in [0.717, 1.165) is 61.3 Å². The molecule has 29 heavy (non-hydrogen) atoms. The number of aliphatic hydroxyl groups excluding tert-OH is 1. The number of esters is 1. The standard InChI is InChI=1S/C24H30N2O3/c1-3-7-18-14-20-19(17-8-5-4-6-9-17)15-22(27)29-24(20)21(23(18)28)16-26-12-10-25(2)11-13-26/h4-6,8-9,14-15,21,24,28H,3,7,10-13,16H2,1-2H3. The van der Waals surface area contributed by atoms with Crippen LogP contribution in [0.3, 0.4) is 0 Å². The van der Waals surface area contributed by atoms with Crippen LogP contribution in [0.15, 0.2) is 59.4 Å². The molecule has 0 saturated carbocycles. The summed E-state index contributed by atoms with van der Waals surface area (Å²) in [5.41, 5.74) is 3.90. The van der Waals surface area contributed by atoms with E-state index >= 15 is 0 Å². The molecule has 2 heterocycles. The molecule has 5 heteroatoms. The second-order valence-corrected chi connectivity index (χ2v) is 8.25. The van der Waals surface area contributed by atoms with Crippen molar-refractivity contribution in [1.82, 2.24) is 9.80 Å². The summed E-state index contributed by atoms with van der Waals surface area (Å²) in [6, 6.07) is 9.99. The molecule has 4 rings (SSSR count). The summed E-state index contributed by atoms with van der Waals surface area (Å²) < 4.78 is 5.80. The zero-order valence-electron chi connectivity index (χ0n) is 17.3. The van der Waals surface area contributed by atoms with Gasteiger partial charge in [0.15, 0.2) is 0 Å². The second kappa shape index (κ2) is 8.56. The van der Waals surface area contributed by atoms with E-state index in [1.54, 1.807) is 6.08 Å². The van der Waals surface area contributed by atoms with E-state index < -0.39 is 6.10 Å². The maximum Gasteiger partial charge on any atom is 0.332 e. The van der Waals surface area contributed by atoms with Gasteiger partial charge in [-0.25, -0.2) is 4.79 Å². The van der Waals surface area contributed by atoms with Crippen molar-refractivity contribution in [2.75, 3.05) is 39.8 Å². The molecule has 5 nitrogen and oxygen atoms in total. The van der Waals surface area contributed by atoms with Gasteiger partial charge in [-0.3, -0.25) is 4.90 Å². The summed E-state index contributed by atoms with van der Waals surface area (Å²) in [5.74, 6) is -0.168. The Hall–Kier alpha value is -2.37. The van der Waals surface area contributed by atoms with E-state index in [1.807, 2.05) is 30.3 Å². The predicted molar refractivity (Wildman–Crippen MR) is 114 cm³/mol. The largest absolute Gasteiger partial charge is 0.512 e. The minimum Gasteiger partial charge on any atom is -0.512 e. The SMILES string of the molecule is CCCC1=C(O)C(CN2CCN(C)CC2)C2OC(=O)C=C(c3ccccc3)C2=C1. The lowest BCUT2D eigenvalue weighted by Gasteiger charge is -2.40. The molecule has 0 radical (unpaired) electrons. The Morgan fingerprint density at radius 1 is 1.10 bits per heavy atom. The number of hydrogen-bond acceptors (Lipinski definition) is 5. The smallest absolute Gasteiger partial charge is 0.332 e. The lowest BCUT2D eigenvalue weighted by Crippen LogP contribution is -2.49. The number of benzene rings is 1. The highest BCUT2D eigenvalue weighted by Crippen LogP contribution is 2.41. The normalized spacial score (nSPS) is 25.9. The molecule has 3 aliphatic rings. The van der Waals surface area contributed by atoms with Crippen LogP contribution in [0.2, 0.25) is 0 Å². The number of piperazine rings is 1. The number of aliphatic hydroxyl groups is 1. The first-order chi connectivity index (χ1) is 14.1. The Kier molecular flexibility index (Phi) is 5.88. The van der Waals surface area contributed by atoms with Gasteiger partial charge in [-0.2, -0.15) is 0 Å². The molecule has 1 fully saturated rings. The van der Waals surface area contributed by atoms with Crippen LogP contribution >= 0.6 is 0 Å². The van der Waals surface area contributed by atoms with E-state index in [1.165, 1.54) is 0 Å². The Balaban J connectivity index is 1.69.